The fourth-order valence-electron chi connectivity index (χ4n) is 3.07. The van der Waals surface area contributed by atoms with Crippen LogP contribution in [-0.4, -0.2) is 24.2 Å². The standard InChI is InChI=1S/C19H23NO/c1-21-19-13-12-18(19)20(14-16-8-4-2-5-9-16)15-17-10-6-3-7-11-17/h2-11,18-19H,12-15H2,1H3. The van der Waals surface area contributed by atoms with Gasteiger partial charge in [-0.3, -0.25) is 4.90 Å². The van der Waals surface area contributed by atoms with Crippen molar-refractivity contribution in [1.82, 2.24) is 4.90 Å². The van der Waals surface area contributed by atoms with Crippen molar-refractivity contribution in [2.75, 3.05) is 7.11 Å². The zero-order chi connectivity index (χ0) is 14.5. The third kappa shape index (κ3) is 3.52. The molecule has 0 N–H and O–H groups in total. The van der Waals surface area contributed by atoms with Crippen LogP contribution in [0.25, 0.3) is 0 Å². The highest BCUT2D eigenvalue weighted by atomic mass is 16.5. The Hall–Kier alpha value is -1.64. The molecule has 1 saturated carbocycles. The molecule has 2 aromatic carbocycles. The van der Waals surface area contributed by atoms with Crippen molar-refractivity contribution < 1.29 is 4.74 Å². The first-order chi connectivity index (χ1) is 10.4. The topological polar surface area (TPSA) is 12.5 Å². The summed E-state index contributed by atoms with van der Waals surface area (Å²) in [6.07, 6.45) is 2.80. The van der Waals surface area contributed by atoms with Gasteiger partial charge in [0.15, 0.2) is 0 Å². The van der Waals surface area contributed by atoms with Crippen LogP contribution in [0.1, 0.15) is 24.0 Å². The van der Waals surface area contributed by atoms with Crippen LogP contribution in [0.3, 0.4) is 0 Å². The molecular weight excluding hydrogens is 258 g/mol. The van der Waals surface area contributed by atoms with Gasteiger partial charge in [0.25, 0.3) is 0 Å². The molecule has 1 aliphatic rings. The number of ether oxygens (including phenoxy) is 1. The van der Waals surface area contributed by atoms with Gasteiger partial charge in [0.05, 0.1) is 6.10 Å². The Kier molecular flexibility index (Phi) is 4.69. The second-order valence-corrected chi connectivity index (χ2v) is 5.80. The molecule has 0 heterocycles. The van der Waals surface area contributed by atoms with Crippen LogP contribution in [0.2, 0.25) is 0 Å². The fraction of sp³-hybridized carbons (Fsp3) is 0.368. The summed E-state index contributed by atoms with van der Waals surface area (Å²) in [6, 6.07) is 22.0. The van der Waals surface area contributed by atoms with Gasteiger partial charge in [0, 0.05) is 26.2 Å². The average molecular weight is 281 g/mol. The van der Waals surface area contributed by atoms with Crippen molar-refractivity contribution in [3.8, 4) is 0 Å². The summed E-state index contributed by atoms with van der Waals surface area (Å²) in [4.78, 5) is 2.56. The van der Waals surface area contributed by atoms with E-state index in [2.05, 4.69) is 65.6 Å². The highest BCUT2D eigenvalue weighted by Crippen LogP contribution is 2.30. The highest BCUT2D eigenvalue weighted by Gasteiger charge is 2.35. The molecule has 2 nitrogen and oxygen atoms in total. The van der Waals surface area contributed by atoms with Crippen molar-refractivity contribution in [3.05, 3.63) is 71.8 Å². The van der Waals surface area contributed by atoms with Crippen LogP contribution in [-0.2, 0) is 17.8 Å². The van der Waals surface area contributed by atoms with E-state index in [1.807, 2.05) is 7.11 Å². The summed E-state index contributed by atoms with van der Waals surface area (Å²) < 4.78 is 5.61. The van der Waals surface area contributed by atoms with Gasteiger partial charge in [-0.25, -0.2) is 0 Å². The number of rotatable bonds is 6. The van der Waals surface area contributed by atoms with Crippen molar-refractivity contribution >= 4 is 0 Å². The summed E-state index contributed by atoms with van der Waals surface area (Å²) in [5.74, 6) is 0. The normalized spacial score (nSPS) is 21.2. The van der Waals surface area contributed by atoms with Crippen LogP contribution in [0.15, 0.2) is 60.7 Å². The minimum Gasteiger partial charge on any atom is -0.380 e. The second-order valence-electron chi connectivity index (χ2n) is 5.80. The van der Waals surface area contributed by atoms with E-state index in [0.29, 0.717) is 12.1 Å². The molecule has 1 aliphatic carbocycles. The molecule has 0 aromatic heterocycles. The van der Waals surface area contributed by atoms with Gasteiger partial charge in [-0.1, -0.05) is 60.7 Å². The average Bonchev–Trinajstić information content (AvgIpc) is 2.49. The van der Waals surface area contributed by atoms with E-state index >= 15 is 0 Å². The van der Waals surface area contributed by atoms with E-state index in [9.17, 15) is 0 Å². The van der Waals surface area contributed by atoms with Crippen molar-refractivity contribution in [3.63, 3.8) is 0 Å². The van der Waals surface area contributed by atoms with Crippen LogP contribution in [0.4, 0.5) is 0 Å². The molecule has 2 aromatic rings. The first-order valence-electron chi connectivity index (χ1n) is 7.71. The summed E-state index contributed by atoms with van der Waals surface area (Å²) in [5, 5.41) is 0. The minimum atomic E-state index is 0.387. The highest BCUT2D eigenvalue weighted by molar-refractivity contribution is 5.18. The summed E-state index contributed by atoms with van der Waals surface area (Å²) in [7, 11) is 1.83. The molecule has 21 heavy (non-hydrogen) atoms. The SMILES string of the molecule is COC1CCC1N(Cc1ccccc1)Cc1ccccc1. The second kappa shape index (κ2) is 6.88. The van der Waals surface area contributed by atoms with Gasteiger partial charge in [-0.05, 0) is 24.0 Å². The lowest BCUT2D eigenvalue weighted by atomic mass is 9.87. The van der Waals surface area contributed by atoms with Crippen LogP contribution >= 0.6 is 0 Å². The lowest BCUT2D eigenvalue weighted by Crippen LogP contribution is -2.50. The number of methoxy groups -OCH3 is 1. The molecule has 3 rings (SSSR count). The number of benzene rings is 2. The van der Waals surface area contributed by atoms with Gasteiger partial charge in [-0.15, -0.1) is 0 Å². The molecule has 0 amide bonds. The summed E-state index contributed by atoms with van der Waals surface area (Å²) in [5.41, 5.74) is 2.74. The van der Waals surface area contributed by atoms with E-state index in [4.69, 9.17) is 4.74 Å². The Bertz CT molecular complexity index is 497. The number of hydrogen-bond acceptors (Lipinski definition) is 2. The Labute approximate surface area is 127 Å². The zero-order valence-electron chi connectivity index (χ0n) is 12.6. The van der Waals surface area contributed by atoms with Crippen molar-refractivity contribution in [1.29, 1.82) is 0 Å². The van der Waals surface area contributed by atoms with Gasteiger partial charge < -0.3 is 4.74 Å². The van der Waals surface area contributed by atoms with Gasteiger partial charge in [0.1, 0.15) is 0 Å². The molecule has 1 fully saturated rings. The smallest absolute Gasteiger partial charge is 0.0727 e. The molecule has 0 saturated heterocycles. The van der Waals surface area contributed by atoms with E-state index in [-0.39, 0.29) is 0 Å². The minimum absolute atomic E-state index is 0.387. The molecule has 0 aliphatic heterocycles. The molecule has 0 spiro atoms. The van der Waals surface area contributed by atoms with Crippen molar-refractivity contribution in [2.24, 2.45) is 0 Å². The van der Waals surface area contributed by atoms with Gasteiger partial charge in [0.2, 0.25) is 0 Å². The van der Waals surface area contributed by atoms with Crippen LogP contribution in [0.5, 0.6) is 0 Å². The first-order valence-corrected chi connectivity index (χ1v) is 7.71. The van der Waals surface area contributed by atoms with E-state index in [0.717, 1.165) is 13.1 Å². The monoisotopic (exact) mass is 281 g/mol. The van der Waals surface area contributed by atoms with Crippen LogP contribution in [0, 0.1) is 0 Å². The Morgan fingerprint density at radius 1 is 0.857 bits per heavy atom. The van der Waals surface area contributed by atoms with Gasteiger partial charge >= 0.3 is 0 Å². The Balaban J connectivity index is 1.74. The molecule has 0 radical (unpaired) electrons. The van der Waals surface area contributed by atoms with Crippen LogP contribution < -0.4 is 0 Å². The predicted octanol–water partition coefficient (Wildman–Crippen LogP) is 3.87. The summed E-state index contributed by atoms with van der Waals surface area (Å²) >= 11 is 0. The Morgan fingerprint density at radius 2 is 1.38 bits per heavy atom. The van der Waals surface area contributed by atoms with Crippen molar-refractivity contribution in [2.45, 2.75) is 38.1 Å². The quantitative estimate of drug-likeness (QED) is 0.797. The molecule has 0 bridgehead atoms. The largest absolute Gasteiger partial charge is 0.380 e. The molecule has 2 atom stereocenters. The van der Waals surface area contributed by atoms with E-state index in [1.165, 1.54) is 24.0 Å². The Morgan fingerprint density at radius 3 is 1.76 bits per heavy atom. The molecular formula is C19H23NO. The third-order valence-corrected chi connectivity index (χ3v) is 4.40. The lowest BCUT2D eigenvalue weighted by Gasteiger charge is -2.43. The number of nitrogens with zero attached hydrogens (tertiary/aromatic N) is 1. The van der Waals surface area contributed by atoms with E-state index < -0.39 is 0 Å². The fourth-order valence-corrected chi connectivity index (χ4v) is 3.07. The summed E-state index contributed by atoms with van der Waals surface area (Å²) in [6.45, 7) is 1.97. The maximum Gasteiger partial charge on any atom is 0.0727 e. The zero-order valence-corrected chi connectivity index (χ0v) is 12.6. The number of hydrogen-bond donors (Lipinski definition) is 0. The third-order valence-electron chi connectivity index (χ3n) is 4.40. The maximum atomic E-state index is 5.61. The predicted molar refractivity (Wildman–Crippen MR) is 86.0 cm³/mol. The molecule has 2 heteroatoms. The first kappa shape index (κ1) is 14.3. The molecule has 110 valence electrons. The van der Waals surface area contributed by atoms with Gasteiger partial charge in [-0.2, -0.15) is 0 Å². The molecule has 2 unspecified atom stereocenters. The van der Waals surface area contributed by atoms with E-state index in [1.54, 1.807) is 0 Å². The lowest BCUT2D eigenvalue weighted by molar-refractivity contribution is -0.0551. The maximum absolute atomic E-state index is 5.61.